The Kier molecular flexibility index (Phi) is 6.51. The topological polar surface area (TPSA) is 109 Å². The van der Waals surface area contributed by atoms with Crippen molar-refractivity contribution in [3.63, 3.8) is 0 Å². The Hall–Kier alpha value is -3.56. The molecule has 0 spiro atoms. The maximum atomic E-state index is 11.2. The smallest absolute Gasteiger partial charge is 0.306 e. The summed E-state index contributed by atoms with van der Waals surface area (Å²) in [6, 6.07) is 10.9. The van der Waals surface area contributed by atoms with Gasteiger partial charge >= 0.3 is 5.97 Å². The maximum Gasteiger partial charge on any atom is 0.306 e. The second-order valence-electron chi connectivity index (χ2n) is 10.2. The van der Waals surface area contributed by atoms with Crippen molar-refractivity contribution in [1.29, 1.82) is 0 Å². The summed E-state index contributed by atoms with van der Waals surface area (Å²) in [5.41, 5.74) is 2.30. The first-order chi connectivity index (χ1) is 18.7. The molecule has 39 heavy (non-hydrogen) atoms. The molecule has 0 saturated heterocycles. The third-order valence-corrected chi connectivity index (χ3v) is 7.93. The molecule has 0 bridgehead atoms. The Bertz CT molecular complexity index is 1580. The van der Waals surface area contributed by atoms with Crippen LogP contribution in [0, 0.1) is 5.92 Å². The minimum atomic E-state index is -0.806. The highest BCUT2D eigenvalue weighted by molar-refractivity contribution is 6.34. The highest BCUT2D eigenvalue weighted by Gasteiger charge is 2.41. The van der Waals surface area contributed by atoms with Crippen molar-refractivity contribution in [2.45, 2.75) is 50.9 Å². The first-order valence-electron chi connectivity index (χ1n) is 12.7. The van der Waals surface area contributed by atoms with Crippen molar-refractivity contribution in [2.24, 2.45) is 5.92 Å². The minimum absolute atomic E-state index is 0.210. The first kappa shape index (κ1) is 25.7. The quantitative estimate of drug-likeness (QED) is 0.260. The molecule has 1 N–H and O–H groups in total. The van der Waals surface area contributed by atoms with E-state index in [0.717, 1.165) is 18.4 Å². The summed E-state index contributed by atoms with van der Waals surface area (Å²) in [4.78, 5) is 25.1. The molecule has 11 heteroatoms. The van der Waals surface area contributed by atoms with Crippen LogP contribution in [0.15, 0.2) is 42.7 Å². The Morgan fingerprint density at radius 3 is 2.67 bits per heavy atom. The minimum Gasteiger partial charge on any atom is -0.496 e. The number of carboxylic acid groups (broad SMARTS) is 1. The molecule has 2 aliphatic rings. The van der Waals surface area contributed by atoms with E-state index in [4.69, 9.17) is 42.4 Å². The number of fused-ring (bicyclic) bond motifs is 1. The Balaban J connectivity index is 1.45. The fourth-order valence-corrected chi connectivity index (χ4v) is 5.17. The zero-order valence-corrected chi connectivity index (χ0v) is 22.9. The number of benzene rings is 2. The van der Waals surface area contributed by atoms with Crippen LogP contribution in [0.2, 0.25) is 10.0 Å². The van der Waals surface area contributed by atoms with Crippen molar-refractivity contribution < 1.29 is 24.1 Å². The van der Waals surface area contributed by atoms with E-state index < -0.39 is 5.97 Å². The molecule has 2 heterocycles. The van der Waals surface area contributed by atoms with Gasteiger partial charge < -0.3 is 23.9 Å². The van der Waals surface area contributed by atoms with Crippen molar-refractivity contribution in [2.75, 3.05) is 7.11 Å². The summed E-state index contributed by atoms with van der Waals surface area (Å²) in [5, 5.41) is 10.2. The summed E-state index contributed by atoms with van der Waals surface area (Å²) >= 11 is 13.2. The molecule has 2 aromatic heterocycles. The van der Waals surface area contributed by atoms with Gasteiger partial charge in [-0.2, -0.15) is 4.98 Å². The fraction of sp³-hybridized carbons (Fsp3) is 0.357. The number of ether oxygens (including phenoxy) is 3. The second kappa shape index (κ2) is 9.88. The molecule has 2 saturated carbocycles. The lowest BCUT2D eigenvalue weighted by Gasteiger charge is -2.32. The number of carbonyl (C=O) groups is 1. The van der Waals surface area contributed by atoms with Crippen LogP contribution in [0.1, 0.15) is 38.2 Å². The van der Waals surface area contributed by atoms with Crippen LogP contribution in [0.3, 0.4) is 0 Å². The average Bonchev–Trinajstić information content (AvgIpc) is 3.49. The van der Waals surface area contributed by atoms with Crippen LogP contribution >= 0.6 is 23.2 Å². The first-order valence-corrected chi connectivity index (χ1v) is 13.4. The van der Waals surface area contributed by atoms with Gasteiger partial charge in [0.05, 0.1) is 24.6 Å². The van der Waals surface area contributed by atoms with Gasteiger partial charge in [0.15, 0.2) is 11.2 Å². The lowest BCUT2D eigenvalue weighted by Crippen LogP contribution is -2.38. The predicted octanol–water partition coefficient (Wildman–Crippen LogP) is 6.03. The lowest BCUT2D eigenvalue weighted by molar-refractivity contribution is -0.147. The molecule has 202 valence electrons. The van der Waals surface area contributed by atoms with Gasteiger partial charge in [-0.1, -0.05) is 29.3 Å². The molecule has 0 aliphatic heterocycles. The van der Waals surface area contributed by atoms with Gasteiger partial charge in [-0.3, -0.25) is 4.79 Å². The standard InChI is InChI=1S/C28H26Cl2N4O5/c1-28(8-9-28)39-26-23-25(31-14-32-26)34(13-16-10-17(29)6-7-20(16)37-2)24(33-23)19-4-3-5-21(22(19)30)38-18-11-15(12-18)27(35)36/h3-7,10,14-15,18H,8-9,11-13H2,1-2H3,(H,35,36). The molecule has 9 nitrogen and oxygen atoms in total. The molecule has 6 rings (SSSR count). The van der Waals surface area contributed by atoms with Crippen molar-refractivity contribution >= 4 is 40.3 Å². The fourth-order valence-electron chi connectivity index (χ4n) is 4.72. The van der Waals surface area contributed by atoms with Gasteiger partial charge in [0.1, 0.15) is 35.4 Å². The van der Waals surface area contributed by atoms with E-state index >= 15 is 0 Å². The highest BCUT2D eigenvalue weighted by Crippen LogP contribution is 2.43. The van der Waals surface area contributed by atoms with E-state index in [1.807, 2.05) is 35.8 Å². The van der Waals surface area contributed by atoms with Gasteiger partial charge in [-0.15, -0.1) is 0 Å². The van der Waals surface area contributed by atoms with Gasteiger partial charge in [-0.25, -0.2) is 9.97 Å². The van der Waals surface area contributed by atoms with Gasteiger partial charge in [0, 0.05) is 16.1 Å². The molecule has 2 fully saturated rings. The number of hydrogen-bond donors (Lipinski definition) is 1. The third kappa shape index (κ3) is 4.96. The number of imidazole rings is 1. The number of aromatic nitrogens is 4. The number of aliphatic carboxylic acids is 1. The number of rotatable bonds is 9. The van der Waals surface area contributed by atoms with Crippen LogP contribution < -0.4 is 14.2 Å². The summed E-state index contributed by atoms with van der Waals surface area (Å²) in [6.07, 6.45) is 4.04. The van der Waals surface area contributed by atoms with Crippen LogP contribution in [0.25, 0.3) is 22.6 Å². The molecule has 0 amide bonds. The zero-order chi connectivity index (χ0) is 27.3. The monoisotopic (exact) mass is 568 g/mol. The Morgan fingerprint density at radius 1 is 1.15 bits per heavy atom. The molecule has 0 radical (unpaired) electrons. The number of hydrogen-bond acceptors (Lipinski definition) is 7. The number of methoxy groups -OCH3 is 1. The molecule has 0 atom stereocenters. The molecule has 0 unspecified atom stereocenters. The van der Waals surface area contributed by atoms with Gasteiger partial charge in [0.2, 0.25) is 5.88 Å². The van der Waals surface area contributed by atoms with Crippen LogP contribution in [-0.2, 0) is 11.3 Å². The Labute approximate surface area is 234 Å². The molecule has 4 aromatic rings. The van der Waals surface area contributed by atoms with E-state index in [2.05, 4.69) is 9.97 Å². The summed E-state index contributed by atoms with van der Waals surface area (Å²) < 4.78 is 19.8. The van der Waals surface area contributed by atoms with Crippen LogP contribution in [0.5, 0.6) is 17.4 Å². The van der Waals surface area contributed by atoms with E-state index in [9.17, 15) is 9.90 Å². The SMILES string of the molecule is COc1ccc(Cl)cc1Cn1c(-c2cccc(OC3CC(C(=O)O)C3)c2Cl)nc2c(OC3(C)CC3)ncnc21. The molecule has 2 aliphatic carbocycles. The normalized spacial score (nSPS) is 19.4. The third-order valence-electron chi connectivity index (χ3n) is 7.31. The maximum absolute atomic E-state index is 11.2. The number of nitrogens with zero attached hydrogens (tertiary/aromatic N) is 4. The van der Waals surface area contributed by atoms with E-state index in [-0.39, 0.29) is 17.6 Å². The molecular formula is C28H26Cl2N4O5. The van der Waals surface area contributed by atoms with Crippen molar-refractivity contribution in [1.82, 2.24) is 19.5 Å². The number of halogens is 2. The largest absolute Gasteiger partial charge is 0.496 e. The second-order valence-corrected chi connectivity index (χ2v) is 11.1. The van der Waals surface area contributed by atoms with Crippen LogP contribution in [0.4, 0.5) is 0 Å². The summed E-state index contributed by atoms with van der Waals surface area (Å²) in [7, 11) is 1.61. The van der Waals surface area contributed by atoms with E-state index in [1.54, 1.807) is 19.2 Å². The predicted molar refractivity (Wildman–Crippen MR) is 146 cm³/mol. The highest BCUT2D eigenvalue weighted by atomic mass is 35.5. The number of carboxylic acids is 1. The zero-order valence-electron chi connectivity index (χ0n) is 21.4. The van der Waals surface area contributed by atoms with Gasteiger partial charge in [-0.05, 0) is 62.9 Å². The summed E-state index contributed by atoms with van der Waals surface area (Å²) in [6.45, 7) is 2.39. The average molecular weight is 569 g/mol. The van der Waals surface area contributed by atoms with Crippen molar-refractivity contribution in [3.8, 4) is 28.8 Å². The Morgan fingerprint density at radius 2 is 1.95 bits per heavy atom. The van der Waals surface area contributed by atoms with Crippen LogP contribution in [-0.4, -0.2) is 49.4 Å². The molecule has 2 aromatic carbocycles. The van der Waals surface area contributed by atoms with Gasteiger partial charge in [0.25, 0.3) is 0 Å². The summed E-state index contributed by atoms with van der Waals surface area (Å²) in [5.74, 6) is 0.902. The lowest BCUT2D eigenvalue weighted by atomic mass is 9.82. The van der Waals surface area contributed by atoms with Crippen molar-refractivity contribution in [3.05, 3.63) is 58.3 Å². The van der Waals surface area contributed by atoms with E-state index in [1.165, 1.54) is 6.33 Å². The molecular weight excluding hydrogens is 543 g/mol. The van der Waals surface area contributed by atoms with E-state index in [0.29, 0.717) is 69.4 Å².